The molecule has 1 heterocycles. The fraction of sp³-hybridized carbons (Fsp3) is 1.00. The third-order valence-electron chi connectivity index (χ3n) is 2.20. The van der Waals surface area contributed by atoms with Crippen LogP contribution in [0.4, 0.5) is 13.2 Å². The molecule has 0 amide bonds. The maximum absolute atomic E-state index is 12.1. The van der Waals surface area contributed by atoms with Crippen LogP contribution >= 0.6 is 15.9 Å². The lowest BCUT2D eigenvalue weighted by Crippen LogP contribution is -2.31. The normalized spacial score (nSPS) is 25.2. The van der Waals surface area contributed by atoms with Gasteiger partial charge in [-0.05, 0) is 19.3 Å². The van der Waals surface area contributed by atoms with Crippen molar-refractivity contribution in [2.24, 2.45) is 0 Å². The van der Waals surface area contributed by atoms with Crippen LogP contribution in [-0.2, 0) is 9.47 Å². The molecule has 1 saturated heterocycles. The van der Waals surface area contributed by atoms with Crippen LogP contribution in [0, 0.1) is 0 Å². The molecule has 1 aliphatic rings. The molecule has 1 aliphatic heterocycles. The summed E-state index contributed by atoms with van der Waals surface area (Å²) < 4.78 is 46.5. The molecule has 0 aromatic rings. The Hall–Kier alpha value is 0.190. The van der Waals surface area contributed by atoms with Crippen LogP contribution in [0.1, 0.15) is 19.3 Å². The smallest absolute Gasteiger partial charge is 0.377 e. The number of hydrogen-bond donors (Lipinski definition) is 0. The van der Waals surface area contributed by atoms with E-state index in [0.717, 1.165) is 19.3 Å². The third-order valence-corrected chi connectivity index (χ3v) is 2.98. The molecule has 0 aliphatic carbocycles. The van der Waals surface area contributed by atoms with Gasteiger partial charge in [0.25, 0.3) is 0 Å². The maximum Gasteiger partial charge on any atom is 0.403 e. The fourth-order valence-corrected chi connectivity index (χ4v) is 1.52. The molecular weight excluding hydrogens is 277 g/mol. The highest BCUT2D eigenvalue weighted by Crippen LogP contribution is 2.26. The second kappa shape index (κ2) is 6.06. The molecule has 0 saturated carbocycles. The van der Waals surface area contributed by atoms with Crippen molar-refractivity contribution in [1.82, 2.24) is 0 Å². The number of ether oxygens (including phenoxy) is 2. The summed E-state index contributed by atoms with van der Waals surface area (Å²) in [5, 5.41) is 0. The zero-order valence-electron chi connectivity index (χ0n) is 8.23. The molecule has 6 heteroatoms. The van der Waals surface area contributed by atoms with Crippen LogP contribution in [0.25, 0.3) is 0 Å². The highest BCUT2D eigenvalue weighted by atomic mass is 79.9. The topological polar surface area (TPSA) is 18.5 Å². The van der Waals surface area contributed by atoms with E-state index >= 15 is 0 Å². The van der Waals surface area contributed by atoms with Crippen molar-refractivity contribution in [3.63, 3.8) is 0 Å². The lowest BCUT2D eigenvalue weighted by molar-refractivity contribution is -0.141. The minimum atomic E-state index is -4.24. The molecule has 2 unspecified atom stereocenters. The first-order valence-corrected chi connectivity index (χ1v) is 5.82. The van der Waals surface area contributed by atoms with Crippen molar-refractivity contribution in [1.29, 1.82) is 0 Å². The van der Waals surface area contributed by atoms with Crippen LogP contribution in [0.15, 0.2) is 0 Å². The molecule has 2 nitrogen and oxygen atoms in total. The molecule has 15 heavy (non-hydrogen) atoms. The van der Waals surface area contributed by atoms with E-state index in [1.807, 2.05) is 0 Å². The van der Waals surface area contributed by atoms with Gasteiger partial charge >= 0.3 is 6.18 Å². The first kappa shape index (κ1) is 13.3. The molecule has 0 spiro atoms. The van der Waals surface area contributed by atoms with Gasteiger partial charge in [-0.15, -0.1) is 0 Å². The summed E-state index contributed by atoms with van der Waals surface area (Å²) in [5.41, 5.74) is 0. The predicted octanol–water partition coefficient (Wildman–Crippen LogP) is 2.90. The number of halogens is 4. The average Bonchev–Trinajstić information content (AvgIpc) is 2.18. The first-order chi connectivity index (χ1) is 7.00. The highest BCUT2D eigenvalue weighted by Gasteiger charge is 2.37. The van der Waals surface area contributed by atoms with Crippen molar-refractivity contribution in [2.75, 3.05) is 19.8 Å². The molecular formula is C9H14BrF3O2. The van der Waals surface area contributed by atoms with Gasteiger partial charge in [-0.25, -0.2) is 0 Å². The maximum atomic E-state index is 12.1. The molecule has 90 valence electrons. The molecule has 1 fully saturated rings. The lowest BCUT2D eigenvalue weighted by Gasteiger charge is -2.23. The Morgan fingerprint density at radius 1 is 1.40 bits per heavy atom. The zero-order valence-corrected chi connectivity index (χ0v) is 9.81. The van der Waals surface area contributed by atoms with Gasteiger partial charge in [0.2, 0.25) is 0 Å². The van der Waals surface area contributed by atoms with Gasteiger partial charge in [-0.1, -0.05) is 15.9 Å². The Bertz CT molecular complexity index is 181. The quantitative estimate of drug-likeness (QED) is 0.741. The van der Waals surface area contributed by atoms with Gasteiger partial charge in [-0.3, -0.25) is 0 Å². The van der Waals surface area contributed by atoms with Crippen molar-refractivity contribution in [2.45, 2.75) is 36.4 Å². The van der Waals surface area contributed by atoms with Crippen LogP contribution in [0.2, 0.25) is 0 Å². The standard InChI is InChI=1S/C9H14BrF3O2/c10-8(9(11,12)13)6-14-5-7-3-1-2-4-15-7/h7-8H,1-6H2. The second-order valence-corrected chi connectivity index (χ2v) is 4.64. The summed E-state index contributed by atoms with van der Waals surface area (Å²) in [6.45, 7) is 0.576. The summed E-state index contributed by atoms with van der Waals surface area (Å²) in [7, 11) is 0. The van der Waals surface area contributed by atoms with Gasteiger partial charge < -0.3 is 9.47 Å². The van der Waals surface area contributed by atoms with E-state index in [1.54, 1.807) is 0 Å². The molecule has 1 rings (SSSR count). The van der Waals surface area contributed by atoms with Crippen molar-refractivity contribution >= 4 is 15.9 Å². The summed E-state index contributed by atoms with van der Waals surface area (Å²) in [6, 6.07) is 0. The Morgan fingerprint density at radius 3 is 2.67 bits per heavy atom. The summed E-state index contributed by atoms with van der Waals surface area (Å²) in [5.74, 6) is 0. The van der Waals surface area contributed by atoms with E-state index in [-0.39, 0.29) is 19.3 Å². The van der Waals surface area contributed by atoms with Crippen LogP contribution in [0.5, 0.6) is 0 Å². The summed E-state index contributed by atoms with van der Waals surface area (Å²) in [6.07, 6.45) is -1.32. The average molecular weight is 291 g/mol. The molecule has 0 radical (unpaired) electrons. The number of alkyl halides is 4. The van der Waals surface area contributed by atoms with Gasteiger partial charge in [-0.2, -0.15) is 13.2 Å². The predicted molar refractivity (Wildman–Crippen MR) is 53.2 cm³/mol. The fourth-order valence-electron chi connectivity index (χ4n) is 1.34. The van der Waals surface area contributed by atoms with E-state index in [4.69, 9.17) is 9.47 Å². The van der Waals surface area contributed by atoms with Crippen molar-refractivity contribution < 1.29 is 22.6 Å². The van der Waals surface area contributed by atoms with Crippen molar-refractivity contribution in [3.05, 3.63) is 0 Å². The van der Waals surface area contributed by atoms with E-state index in [9.17, 15) is 13.2 Å². The van der Waals surface area contributed by atoms with Crippen LogP contribution in [-0.4, -0.2) is 36.9 Å². The van der Waals surface area contributed by atoms with E-state index < -0.39 is 11.0 Å². The third kappa shape index (κ3) is 5.17. The van der Waals surface area contributed by atoms with E-state index in [0.29, 0.717) is 6.61 Å². The Morgan fingerprint density at radius 2 is 2.13 bits per heavy atom. The van der Waals surface area contributed by atoms with Gasteiger partial charge in [0.15, 0.2) is 0 Å². The summed E-state index contributed by atoms with van der Waals surface area (Å²) in [4.78, 5) is -1.59. The Balaban J connectivity index is 2.10. The van der Waals surface area contributed by atoms with E-state index in [2.05, 4.69) is 15.9 Å². The molecule has 2 atom stereocenters. The number of rotatable bonds is 4. The van der Waals surface area contributed by atoms with Gasteiger partial charge in [0.05, 0.1) is 19.3 Å². The molecule has 0 aromatic heterocycles. The largest absolute Gasteiger partial charge is 0.403 e. The van der Waals surface area contributed by atoms with Crippen LogP contribution < -0.4 is 0 Å². The molecule has 0 bridgehead atoms. The zero-order chi connectivity index (χ0) is 11.3. The first-order valence-electron chi connectivity index (χ1n) is 4.90. The Kier molecular flexibility index (Phi) is 5.35. The molecule has 0 N–H and O–H groups in total. The molecule has 0 aromatic carbocycles. The lowest BCUT2D eigenvalue weighted by atomic mass is 10.1. The highest BCUT2D eigenvalue weighted by molar-refractivity contribution is 9.09. The SMILES string of the molecule is FC(F)(F)C(Br)COCC1CCCCO1. The van der Waals surface area contributed by atoms with Crippen LogP contribution in [0.3, 0.4) is 0 Å². The van der Waals surface area contributed by atoms with Crippen molar-refractivity contribution in [3.8, 4) is 0 Å². The minimum absolute atomic E-state index is 0.0355. The summed E-state index contributed by atoms with van der Waals surface area (Å²) >= 11 is 2.53. The Labute approximate surface area is 95.2 Å². The second-order valence-electron chi connectivity index (χ2n) is 3.54. The van der Waals surface area contributed by atoms with E-state index in [1.165, 1.54) is 0 Å². The monoisotopic (exact) mass is 290 g/mol. The van der Waals surface area contributed by atoms with Gasteiger partial charge in [0, 0.05) is 6.61 Å². The minimum Gasteiger partial charge on any atom is -0.377 e. The number of hydrogen-bond acceptors (Lipinski definition) is 2. The van der Waals surface area contributed by atoms with Gasteiger partial charge in [0.1, 0.15) is 4.83 Å².